The van der Waals surface area contributed by atoms with Crippen molar-refractivity contribution in [3.63, 3.8) is 0 Å². The number of carbonyl (C=O) groups is 1. The minimum atomic E-state index is -0.179. The standard InChI is InChI=1S/C15H16ClNOS2/c1-8-6-12(10(3)20-8)9(2)17-15(18)13-7-11(19)4-5-14(13)16/h4-7,9,19H,1-3H3,(H,17,18). The third kappa shape index (κ3) is 3.37. The van der Waals surface area contributed by atoms with Gasteiger partial charge in [-0.2, -0.15) is 0 Å². The summed E-state index contributed by atoms with van der Waals surface area (Å²) in [7, 11) is 0. The lowest BCUT2D eigenvalue weighted by atomic mass is 10.1. The number of rotatable bonds is 3. The lowest BCUT2D eigenvalue weighted by Crippen LogP contribution is -2.27. The third-order valence-corrected chi connectivity index (χ3v) is 4.68. The van der Waals surface area contributed by atoms with E-state index >= 15 is 0 Å². The molecule has 0 aliphatic rings. The van der Waals surface area contributed by atoms with Gasteiger partial charge in [-0.05, 0) is 50.6 Å². The lowest BCUT2D eigenvalue weighted by molar-refractivity contribution is 0.0940. The topological polar surface area (TPSA) is 29.1 Å². The predicted molar refractivity (Wildman–Crippen MR) is 88.4 cm³/mol. The third-order valence-electron chi connectivity index (χ3n) is 3.09. The van der Waals surface area contributed by atoms with E-state index in [-0.39, 0.29) is 11.9 Å². The summed E-state index contributed by atoms with van der Waals surface area (Å²) in [5, 5.41) is 3.42. The van der Waals surface area contributed by atoms with E-state index in [4.69, 9.17) is 11.6 Å². The molecule has 5 heteroatoms. The van der Waals surface area contributed by atoms with Gasteiger partial charge in [-0.15, -0.1) is 24.0 Å². The number of thiol groups is 1. The molecule has 0 aliphatic heterocycles. The van der Waals surface area contributed by atoms with Crippen LogP contribution in [0, 0.1) is 13.8 Å². The molecule has 20 heavy (non-hydrogen) atoms. The molecular weight excluding hydrogens is 310 g/mol. The van der Waals surface area contributed by atoms with Crippen LogP contribution in [-0.4, -0.2) is 5.91 Å². The molecule has 2 nitrogen and oxygen atoms in total. The molecule has 1 atom stereocenters. The fraction of sp³-hybridized carbons (Fsp3) is 0.267. The molecule has 0 fully saturated rings. The summed E-state index contributed by atoms with van der Waals surface area (Å²) in [5.74, 6) is -0.179. The molecule has 1 amide bonds. The zero-order valence-corrected chi connectivity index (χ0v) is 14.0. The van der Waals surface area contributed by atoms with Gasteiger partial charge in [-0.3, -0.25) is 4.79 Å². The Labute approximate surface area is 133 Å². The van der Waals surface area contributed by atoms with Crippen molar-refractivity contribution in [2.75, 3.05) is 0 Å². The fourth-order valence-electron chi connectivity index (χ4n) is 2.12. The smallest absolute Gasteiger partial charge is 0.253 e. The number of thiophene rings is 1. The number of carbonyl (C=O) groups excluding carboxylic acids is 1. The van der Waals surface area contributed by atoms with Crippen molar-refractivity contribution < 1.29 is 4.79 Å². The minimum absolute atomic E-state index is 0.0490. The van der Waals surface area contributed by atoms with E-state index in [9.17, 15) is 4.79 Å². The first-order valence-electron chi connectivity index (χ1n) is 6.25. The van der Waals surface area contributed by atoms with E-state index in [0.29, 0.717) is 10.6 Å². The number of hydrogen-bond acceptors (Lipinski definition) is 3. The second-order valence-corrected chi connectivity index (χ2v) is 7.11. The van der Waals surface area contributed by atoms with Gasteiger partial charge in [0.05, 0.1) is 16.6 Å². The molecule has 0 spiro atoms. The van der Waals surface area contributed by atoms with Gasteiger partial charge < -0.3 is 5.32 Å². The van der Waals surface area contributed by atoms with E-state index in [2.05, 4.69) is 37.9 Å². The van der Waals surface area contributed by atoms with Crippen LogP contribution < -0.4 is 5.32 Å². The Morgan fingerprint density at radius 3 is 2.65 bits per heavy atom. The van der Waals surface area contributed by atoms with Crippen LogP contribution in [0.2, 0.25) is 5.02 Å². The average molecular weight is 326 g/mol. The number of amides is 1. The van der Waals surface area contributed by atoms with Crippen LogP contribution in [0.25, 0.3) is 0 Å². The van der Waals surface area contributed by atoms with Crippen LogP contribution in [-0.2, 0) is 0 Å². The van der Waals surface area contributed by atoms with Crippen molar-refractivity contribution >= 4 is 41.5 Å². The van der Waals surface area contributed by atoms with Gasteiger partial charge in [-0.25, -0.2) is 0 Å². The molecule has 1 aromatic heterocycles. The van der Waals surface area contributed by atoms with Crippen LogP contribution in [0.3, 0.4) is 0 Å². The highest BCUT2D eigenvalue weighted by Crippen LogP contribution is 2.27. The number of halogens is 1. The fourth-order valence-corrected chi connectivity index (χ4v) is 3.55. The highest BCUT2D eigenvalue weighted by atomic mass is 35.5. The zero-order valence-electron chi connectivity index (χ0n) is 11.5. The second kappa shape index (κ2) is 6.20. The largest absolute Gasteiger partial charge is 0.345 e. The molecule has 1 N–H and O–H groups in total. The summed E-state index contributed by atoms with van der Waals surface area (Å²) in [6.45, 7) is 6.11. The lowest BCUT2D eigenvalue weighted by Gasteiger charge is -2.15. The quantitative estimate of drug-likeness (QED) is 0.780. The van der Waals surface area contributed by atoms with Crippen molar-refractivity contribution in [2.45, 2.75) is 31.7 Å². The van der Waals surface area contributed by atoms with Gasteiger partial charge in [0.1, 0.15) is 0 Å². The van der Waals surface area contributed by atoms with Gasteiger partial charge in [0, 0.05) is 14.6 Å². The highest BCUT2D eigenvalue weighted by molar-refractivity contribution is 7.80. The minimum Gasteiger partial charge on any atom is -0.345 e. The molecular formula is C15H16ClNOS2. The summed E-state index contributed by atoms with van der Waals surface area (Å²) in [6, 6.07) is 7.19. The number of hydrogen-bond donors (Lipinski definition) is 2. The maximum absolute atomic E-state index is 12.3. The van der Waals surface area contributed by atoms with Gasteiger partial charge in [0.2, 0.25) is 0 Å². The van der Waals surface area contributed by atoms with Crippen molar-refractivity contribution in [3.8, 4) is 0 Å². The first-order valence-corrected chi connectivity index (χ1v) is 7.89. The van der Waals surface area contributed by atoms with E-state index < -0.39 is 0 Å². The van der Waals surface area contributed by atoms with Crippen molar-refractivity contribution in [1.82, 2.24) is 5.32 Å². The molecule has 0 radical (unpaired) electrons. The van der Waals surface area contributed by atoms with Crippen LogP contribution in [0.5, 0.6) is 0 Å². The summed E-state index contributed by atoms with van der Waals surface area (Å²) in [5.41, 5.74) is 1.61. The van der Waals surface area contributed by atoms with E-state index in [1.165, 1.54) is 9.75 Å². The van der Waals surface area contributed by atoms with Crippen LogP contribution in [0.4, 0.5) is 0 Å². The first kappa shape index (κ1) is 15.4. The first-order chi connectivity index (χ1) is 9.38. The van der Waals surface area contributed by atoms with Gasteiger partial charge in [0.25, 0.3) is 5.91 Å². The second-order valence-electron chi connectivity index (χ2n) is 4.73. The van der Waals surface area contributed by atoms with Gasteiger partial charge >= 0.3 is 0 Å². The normalized spacial score (nSPS) is 12.2. The zero-order chi connectivity index (χ0) is 14.9. The molecule has 0 bridgehead atoms. The number of benzene rings is 1. The van der Waals surface area contributed by atoms with Gasteiger partial charge in [-0.1, -0.05) is 11.6 Å². The average Bonchev–Trinajstić information content (AvgIpc) is 2.71. The van der Waals surface area contributed by atoms with E-state index in [0.717, 1.165) is 10.5 Å². The van der Waals surface area contributed by atoms with Crippen LogP contribution >= 0.6 is 35.6 Å². The SMILES string of the molecule is Cc1cc(C(C)NC(=O)c2cc(S)ccc2Cl)c(C)s1. The maximum atomic E-state index is 12.3. The van der Waals surface area contributed by atoms with Crippen LogP contribution in [0.1, 0.15) is 38.6 Å². The Morgan fingerprint density at radius 2 is 2.05 bits per heavy atom. The monoisotopic (exact) mass is 325 g/mol. The summed E-state index contributed by atoms with van der Waals surface area (Å²) in [6.07, 6.45) is 0. The molecule has 2 rings (SSSR count). The van der Waals surface area contributed by atoms with Crippen molar-refractivity contribution in [2.24, 2.45) is 0 Å². The van der Waals surface area contributed by atoms with Crippen molar-refractivity contribution in [1.29, 1.82) is 0 Å². The molecule has 1 aromatic carbocycles. The summed E-state index contributed by atoms with van der Waals surface area (Å²) in [4.78, 5) is 15.5. The Morgan fingerprint density at radius 1 is 1.35 bits per heavy atom. The molecule has 1 unspecified atom stereocenters. The highest BCUT2D eigenvalue weighted by Gasteiger charge is 2.17. The van der Waals surface area contributed by atoms with Crippen molar-refractivity contribution in [3.05, 3.63) is 50.2 Å². The molecule has 1 heterocycles. The Bertz CT molecular complexity index is 651. The maximum Gasteiger partial charge on any atom is 0.253 e. The summed E-state index contributed by atoms with van der Waals surface area (Å²) >= 11 is 12.0. The molecule has 106 valence electrons. The Hall–Kier alpha value is -0.970. The van der Waals surface area contributed by atoms with E-state index in [1.807, 2.05) is 6.92 Å². The van der Waals surface area contributed by atoms with Gasteiger partial charge in [0.15, 0.2) is 0 Å². The predicted octanol–water partition coefficient (Wildman–Crippen LogP) is 4.80. The molecule has 0 saturated heterocycles. The van der Waals surface area contributed by atoms with Crippen LogP contribution in [0.15, 0.2) is 29.2 Å². The molecule has 0 saturated carbocycles. The number of nitrogens with one attached hydrogen (secondary N) is 1. The number of aryl methyl sites for hydroxylation is 2. The Balaban J connectivity index is 2.19. The molecule has 2 aromatic rings. The molecule has 0 aliphatic carbocycles. The summed E-state index contributed by atoms with van der Waals surface area (Å²) < 4.78 is 0. The van der Waals surface area contributed by atoms with E-state index in [1.54, 1.807) is 29.5 Å². The Kier molecular flexibility index (Phi) is 4.78.